The molecule has 0 radical (unpaired) electrons. The smallest absolute Gasteiger partial charge is 0.326 e. The Morgan fingerprint density at radius 1 is 0.969 bits per heavy atom. The normalized spacial score (nSPS) is 12.9. The second kappa shape index (κ2) is 11.4. The average molecular weight is 435 g/mol. The molecule has 168 valence electrons. The van der Waals surface area contributed by atoms with E-state index in [0.29, 0.717) is 5.56 Å². The maximum absolute atomic E-state index is 12.2. The van der Waals surface area contributed by atoms with Gasteiger partial charge in [-0.25, -0.2) is 4.79 Å². The number of aliphatic carboxylic acids is 1. The number of benzene rings is 3. The molecule has 0 fully saturated rings. The Hall–Kier alpha value is -3.22. The van der Waals surface area contributed by atoms with Crippen molar-refractivity contribution >= 4 is 22.6 Å². The van der Waals surface area contributed by atoms with Gasteiger partial charge in [0.1, 0.15) is 6.04 Å². The molecule has 1 unspecified atom stereocenters. The molecule has 0 spiro atoms. The molecule has 3 aromatic carbocycles. The van der Waals surface area contributed by atoms with Crippen LogP contribution in [-0.2, 0) is 11.2 Å². The molecule has 0 aliphatic heterocycles. The topological polar surface area (TPSA) is 98.7 Å². The summed E-state index contributed by atoms with van der Waals surface area (Å²) in [6.45, 7) is 2.74. The minimum atomic E-state index is -1.16. The monoisotopic (exact) mass is 434 g/mol. The Kier molecular flexibility index (Phi) is 8.36. The van der Waals surface area contributed by atoms with Gasteiger partial charge in [-0.05, 0) is 60.3 Å². The van der Waals surface area contributed by atoms with E-state index in [1.165, 1.54) is 16.3 Å². The largest absolute Gasteiger partial charge is 0.480 e. The Bertz CT molecular complexity index is 1040. The fraction of sp³-hybridized carbons (Fsp3) is 0.308. The molecule has 32 heavy (non-hydrogen) atoms. The second-order valence-electron chi connectivity index (χ2n) is 7.92. The summed E-state index contributed by atoms with van der Waals surface area (Å²) in [7, 11) is 0. The van der Waals surface area contributed by atoms with E-state index in [1.54, 1.807) is 12.1 Å². The van der Waals surface area contributed by atoms with Crippen molar-refractivity contribution in [1.29, 1.82) is 0 Å². The van der Waals surface area contributed by atoms with Gasteiger partial charge in [-0.15, -0.1) is 0 Å². The lowest BCUT2D eigenvalue weighted by Gasteiger charge is -2.16. The quantitative estimate of drug-likeness (QED) is 0.345. The summed E-state index contributed by atoms with van der Waals surface area (Å²) in [4.78, 5) is 23.4. The molecule has 0 saturated carbocycles. The molecule has 4 N–H and O–H groups in total. The van der Waals surface area contributed by atoms with E-state index in [-0.39, 0.29) is 19.1 Å². The number of carboxylic acid groups (broad SMARTS) is 1. The number of hydrogen-bond donors (Lipinski definition) is 4. The number of amides is 1. The second-order valence-corrected chi connectivity index (χ2v) is 7.92. The summed E-state index contributed by atoms with van der Waals surface area (Å²) >= 11 is 0. The number of aryl methyl sites for hydroxylation is 1. The first-order chi connectivity index (χ1) is 15.5. The van der Waals surface area contributed by atoms with E-state index >= 15 is 0 Å². The van der Waals surface area contributed by atoms with Gasteiger partial charge in [-0.3, -0.25) is 4.79 Å². The predicted octanol–water partition coefficient (Wildman–Crippen LogP) is 3.69. The number of aliphatic hydroxyl groups is 1. The van der Waals surface area contributed by atoms with Gasteiger partial charge in [-0.2, -0.15) is 0 Å². The molecule has 3 aromatic rings. The summed E-state index contributed by atoms with van der Waals surface area (Å²) in [6, 6.07) is 21.1. The Morgan fingerprint density at radius 3 is 2.41 bits per heavy atom. The summed E-state index contributed by atoms with van der Waals surface area (Å²) in [5.74, 6) is -1.61. The molecule has 2 atom stereocenters. The molecule has 6 heteroatoms. The van der Waals surface area contributed by atoms with Gasteiger partial charge in [0, 0.05) is 24.6 Å². The molecular weight excluding hydrogens is 404 g/mol. The van der Waals surface area contributed by atoms with Gasteiger partial charge in [0.25, 0.3) is 5.91 Å². The van der Waals surface area contributed by atoms with Crippen LogP contribution in [0.15, 0.2) is 66.7 Å². The molecular formula is C26H30N2O4. The van der Waals surface area contributed by atoms with Crippen LogP contribution in [0.25, 0.3) is 10.8 Å². The lowest BCUT2D eigenvalue weighted by atomic mass is 9.99. The highest BCUT2D eigenvalue weighted by Crippen LogP contribution is 2.24. The Morgan fingerprint density at radius 2 is 1.69 bits per heavy atom. The molecule has 0 heterocycles. The summed E-state index contributed by atoms with van der Waals surface area (Å²) in [5.41, 5.74) is 2.81. The number of carbonyl (C=O) groups excluding carboxylic acids is 1. The van der Waals surface area contributed by atoms with Crippen LogP contribution in [0, 0.1) is 0 Å². The highest BCUT2D eigenvalue weighted by molar-refractivity contribution is 5.96. The first-order valence-corrected chi connectivity index (χ1v) is 10.9. The maximum Gasteiger partial charge on any atom is 0.326 e. The van der Waals surface area contributed by atoms with Crippen molar-refractivity contribution < 1.29 is 19.8 Å². The van der Waals surface area contributed by atoms with E-state index in [9.17, 15) is 9.59 Å². The molecule has 3 rings (SSSR count). The molecule has 6 nitrogen and oxygen atoms in total. The molecule has 0 aliphatic rings. The first kappa shape index (κ1) is 23.4. The molecule has 0 aromatic heterocycles. The number of aliphatic hydroxyl groups excluding tert-OH is 1. The van der Waals surface area contributed by atoms with Crippen LogP contribution in [0.5, 0.6) is 0 Å². The first-order valence-electron chi connectivity index (χ1n) is 10.9. The number of hydrogen-bond acceptors (Lipinski definition) is 4. The number of carbonyl (C=O) groups is 2. The lowest BCUT2D eigenvalue weighted by molar-refractivity contribution is -0.139. The van der Waals surface area contributed by atoms with Crippen LogP contribution in [0.4, 0.5) is 0 Å². The third-order valence-electron chi connectivity index (χ3n) is 5.62. The molecule has 0 saturated heterocycles. The Labute approximate surface area is 188 Å². The van der Waals surface area contributed by atoms with E-state index in [0.717, 1.165) is 24.9 Å². The highest BCUT2D eigenvalue weighted by atomic mass is 16.4. The van der Waals surface area contributed by atoms with Crippen LogP contribution in [0.1, 0.15) is 47.3 Å². The zero-order valence-electron chi connectivity index (χ0n) is 18.3. The Balaban J connectivity index is 1.48. The van der Waals surface area contributed by atoms with Gasteiger partial charge in [-0.1, -0.05) is 54.6 Å². The predicted molar refractivity (Wildman–Crippen MR) is 126 cm³/mol. The van der Waals surface area contributed by atoms with Crippen molar-refractivity contribution in [3.63, 3.8) is 0 Å². The van der Waals surface area contributed by atoms with Crippen molar-refractivity contribution in [3.05, 3.63) is 83.4 Å². The molecule has 0 bridgehead atoms. The average Bonchev–Trinajstić information content (AvgIpc) is 2.81. The number of nitrogens with one attached hydrogen (secondary N) is 2. The van der Waals surface area contributed by atoms with Gasteiger partial charge in [0.2, 0.25) is 0 Å². The maximum atomic E-state index is 12.2. The third-order valence-corrected chi connectivity index (χ3v) is 5.62. The summed E-state index contributed by atoms with van der Waals surface area (Å²) in [5, 5.41) is 26.6. The van der Waals surface area contributed by atoms with Gasteiger partial charge >= 0.3 is 5.97 Å². The summed E-state index contributed by atoms with van der Waals surface area (Å²) < 4.78 is 0. The minimum absolute atomic E-state index is 0.0244. The zero-order valence-corrected chi connectivity index (χ0v) is 18.3. The van der Waals surface area contributed by atoms with Crippen LogP contribution < -0.4 is 10.6 Å². The van der Waals surface area contributed by atoms with E-state index in [1.807, 2.05) is 12.1 Å². The van der Waals surface area contributed by atoms with Crippen LogP contribution in [0.3, 0.4) is 0 Å². The zero-order chi connectivity index (χ0) is 22.9. The van der Waals surface area contributed by atoms with E-state index in [2.05, 4.69) is 60.0 Å². The van der Waals surface area contributed by atoms with Crippen LogP contribution >= 0.6 is 0 Å². The van der Waals surface area contributed by atoms with Crippen LogP contribution in [-0.4, -0.2) is 41.3 Å². The minimum Gasteiger partial charge on any atom is -0.480 e. The van der Waals surface area contributed by atoms with Crippen molar-refractivity contribution in [2.24, 2.45) is 0 Å². The lowest BCUT2D eigenvalue weighted by Crippen LogP contribution is -2.41. The fourth-order valence-electron chi connectivity index (χ4n) is 3.80. The van der Waals surface area contributed by atoms with Gasteiger partial charge in [0.15, 0.2) is 0 Å². The summed E-state index contributed by atoms with van der Waals surface area (Å²) in [6.07, 6.45) is 1.81. The molecule has 0 aliphatic carbocycles. The number of fused-ring (bicyclic) bond motifs is 1. The number of rotatable bonds is 11. The van der Waals surface area contributed by atoms with E-state index < -0.39 is 17.9 Å². The van der Waals surface area contributed by atoms with Crippen LogP contribution in [0.2, 0.25) is 0 Å². The third kappa shape index (κ3) is 6.15. The van der Waals surface area contributed by atoms with Crippen molar-refractivity contribution in [2.45, 2.75) is 38.3 Å². The fourth-order valence-corrected chi connectivity index (χ4v) is 3.80. The molecule has 1 amide bonds. The van der Waals surface area contributed by atoms with E-state index in [4.69, 9.17) is 10.2 Å². The van der Waals surface area contributed by atoms with Crippen molar-refractivity contribution in [2.75, 3.05) is 13.2 Å². The highest BCUT2D eigenvalue weighted by Gasteiger charge is 2.19. The van der Waals surface area contributed by atoms with Gasteiger partial charge < -0.3 is 20.8 Å². The van der Waals surface area contributed by atoms with Crippen molar-refractivity contribution in [3.8, 4) is 0 Å². The SMILES string of the molecule is C[C@@H](NCCCc1ccc(C(=O)NC(CCO)C(=O)O)cc1)c1cccc2ccccc12. The number of carboxylic acids is 1. The van der Waals surface area contributed by atoms with Crippen molar-refractivity contribution in [1.82, 2.24) is 10.6 Å². The standard InChI is InChI=1S/C26H30N2O4/c1-18(22-10-4-8-20-7-2-3-9-23(20)22)27-16-5-6-19-11-13-21(14-12-19)25(30)28-24(15-17-29)26(31)32/h2-4,7-14,18,24,27,29H,5-6,15-17H2,1H3,(H,28,30)(H,31,32)/t18-,24?/m1/s1. The van der Waals surface area contributed by atoms with Gasteiger partial charge in [0.05, 0.1) is 0 Å².